The Morgan fingerprint density at radius 2 is 1.55 bits per heavy atom. The quantitative estimate of drug-likeness (QED) is 0.341. The van der Waals surface area contributed by atoms with Crippen LogP contribution in [0.25, 0.3) is 0 Å². The lowest BCUT2D eigenvalue weighted by Gasteiger charge is -2.28. The van der Waals surface area contributed by atoms with Crippen molar-refractivity contribution in [1.82, 2.24) is 5.32 Å². The van der Waals surface area contributed by atoms with Crippen LogP contribution in [0.4, 0.5) is 0 Å². The van der Waals surface area contributed by atoms with Crippen molar-refractivity contribution < 1.29 is 18.1 Å². The van der Waals surface area contributed by atoms with Crippen LogP contribution >= 0.6 is 0 Å². The monoisotopic (exact) mass is 303 g/mol. The van der Waals surface area contributed by atoms with Crippen molar-refractivity contribution in [2.45, 2.75) is 47.1 Å². The number of carbonyl (C=O) groups is 1. The molecule has 6 heteroatoms. The van der Waals surface area contributed by atoms with E-state index in [0.29, 0.717) is 19.8 Å². The number of rotatable bonds is 12. The van der Waals surface area contributed by atoms with E-state index in [-0.39, 0.29) is 5.78 Å². The third kappa shape index (κ3) is 8.47. The minimum absolute atomic E-state index is 0.0525. The molecule has 1 N–H and O–H groups in total. The van der Waals surface area contributed by atoms with Crippen LogP contribution in [0.5, 0.6) is 0 Å². The molecule has 0 aromatic rings. The SMILES string of the molecule is CCO[Si](CCCN/C(C)=C/C(C)=O)(OCC)OCC. The van der Waals surface area contributed by atoms with Gasteiger partial charge in [-0.25, -0.2) is 0 Å². The van der Waals surface area contributed by atoms with Gasteiger partial charge in [-0.2, -0.15) is 0 Å². The predicted octanol–water partition coefficient (Wildman–Crippen LogP) is 2.51. The van der Waals surface area contributed by atoms with E-state index in [4.69, 9.17) is 13.3 Å². The Kier molecular flexibility index (Phi) is 10.6. The first-order valence-electron chi connectivity index (χ1n) is 7.34. The van der Waals surface area contributed by atoms with E-state index in [1.54, 1.807) is 13.0 Å². The Bertz CT molecular complexity index is 291. The molecule has 0 aliphatic carbocycles. The number of ketones is 1. The van der Waals surface area contributed by atoms with Crippen LogP contribution in [0.1, 0.15) is 41.0 Å². The summed E-state index contributed by atoms with van der Waals surface area (Å²) >= 11 is 0. The molecule has 118 valence electrons. The average molecular weight is 303 g/mol. The van der Waals surface area contributed by atoms with Crippen LogP contribution in [0.15, 0.2) is 11.8 Å². The Labute approximate surface area is 124 Å². The molecule has 0 aromatic carbocycles. The molecular formula is C14H29NO4Si. The second kappa shape index (κ2) is 11.0. The minimum Gasteiger partial charge on any atom is -0.388 e. The van der Waals surface area contributed by atoms with Gasteiger partial charge in [0.05, 0.1) is 0 Å². The van der Waals surface area contributed by atoms with Gasteiger partial charge in [0.25, 0.3) is 0 Å². The van der Waals surface area contributed by atoms with Gasteiger partial charge in [0.2, 0.25) is 0 Å². The molecule has 0 atom stereocenters. The van der Waals surface area contributed by atoms with Gasteiger partial charge in [-0.05, 0) is 47.1 Å². The number of nitrogens with one attached hydrogen (secondary N) is 1. The molecule has 0 radical (unpaired) electrons. The van der Waals surface area contributed by atoms with E-state index >= 15 is 0 Å². The molecule has 0 rings (SSSR count). The third-order valence-corrected chi connectivity index (χ3v) is 5.73. The van der Waals surface area contributed by atoms with Crippen molar-refractivity contribution in [2.24, 2.45) is 0 Å². The van der Waals surface area contributed by atoms with E-state index in [1.807, 2.05) is 27.7 Å². The van der Waals surface area contributed by atoms with Crippen LogP contribution < -0.4 is 5.32 Å². The molecule has 5 nitrogen and oxygen atoms in total. The highest BCUT2D eigenvalue weighted by Gasteiger charge is 2.39. The van der Waals surface area contributed by atoms with Crippen molar-refractivity contribution in [1.29, 1.82) is 0 Å². The molecule has 0 fully saturated rings. The number of carbonyl (C=O) groups excluding carboxylic acids is 1. The van der Waals surface area contributed by atoms with Crippen LogP contribution in [-0.4, -0.2) is 41.0 Å². The van der Waals surface area contributed by atoms with E-state index in [1.165, 1.54) is 0 Å². The number of hydrogen-bond donors (Lipinski definition) is 1. The summed E-state index contributed by atoms with van der Waals surface area (Å²) in [6.45, 7) is 11.9. The molecule has 0 saturated heterocycles. The molecule has 20 heavy (non-hydrogen) atoms. The second-order valence-corrected chi connectivity index (χ2v) is 7.18. The van der Waals surface area contributed by atoms with Crippen LogP contribution in [-0.2, 0) is 18.1 Å². The van der Waals surface area contributed by atoms with Crippen molar-refractivity contribution in [2.75, 3.05) is 26.4 Å². The first-order chi connectivity index (χ1) is 9.49. The lowest BCUT2D eigenvalue weighted by molar-refractivity contribution is -0.112. The van der Waals surface area contributed by atoms with Crippen LogP contribution in [0.2, 0.25) is 6.04 Å². The zero-order chi connectivity index (χ0) is 15.4. The average Bonchev–Trinajstić information content (AvgIpc) is 2.35. The highest BCUT2D eigenvalue weighted by Crippen LogP contribution is 2.17. The van der Waals surface area contributed by atoms with Gasteiger partial charge >= 0.3 is 8.80 Å². The van der Waals surface area contributed by atoms with Gasteiger partial charge < -0.3 is 18.6 Å². The summed E-state index contributed by atoms with van der Waals surface area (Å²) in [5.41, 5.74) is 0.883. The lowest BCUT2D eigenvalue weighted by Crippen LogP contribution is -2.46. The highest BCUT2D eigenvalue weighted by atomic mass is 28.4. The number of hydrogen-bond acceptors (Lipinski definition) is 5. The Morgan fingerprint density at radius 3 is 1.95 bits per heavy atom. The fourth-order valence-corrected chi connectivity index (χ4v) is 4.56. The molecule has 0 aliphatic rings. The molecule has 0 spiro atoms. The summed E-state index contributed by atoms with van der Waals surface area (Å²) in [5, 5.41) is 3.21. The van der Waals surface area contributed by atoms with Gasteiger partial charge in [-0.3, -0.25) is 4.79 Å². The summed E-state index contributed by atoms with van der Waals surface area (Å²) in [7, 11) is -2.53. The standard InChI is InChI=1S/C14H29NO4Si/c1-6-17-20(18-7-2,19-8-3)11-9-10-15-13(4)12-14(5)16/h12,15H,6-11H2,1-5H3/b13-12+. The molecule has 0 heterocycles. The zero-order valence-corrected chi connectivity index (χ0v) is 14.5. The fraction of sp³-hybridized carbons (Fsp3) is 0.786. The molecule has 0 aliphatic heterocycles. The highest BCUT2D eigenvalue weighted by molar-refractivity contribution is 6.60. The first-order valence-corrected chi connectivity index (χ1v) is 9.27. The van der Waals surface area contributed by atoms with E-state index in [9.17, 15) is 4.79 Å². The molecule has 0 amide bonds. The lowest BCUT2D eigenvalue weighted by atomic mass is 10.3. The minimum atomic E-state index is -2.53. The molecule has 0 unspecified atom stereocenters. The second-order valence-electron chi connectivity index (χ2n) is 4.45. The van der Waals surface area contributed by atoms with Crippen molar-refractivity contribution in [3.63, 3.8) is 0 Å². The maximum Gasteiger partial charge on any atom is 0.500 e. The molecule has 0 aromatic heterocycles. The van der Waals surface area contributed by atoms with Gasteiger partial charge in [0, 0.05) is 38.1 Å². The van der Waals surface area contributed by atoms with E-state index in [0.717, 1.165) is 24.7 Å². The molecular weight excluding hydrogens is 274 g/mol. The van der Waals surface area contributed by atoms with Gasteiger partial charge in [0.1, 0.15) is 0 Å². The number of allylic oxidation sites excluding steroid dienone is 2. The van der Waals surface area contributed by atoms with Gasteiger partial charge in [-0.15, -0.1) is 0 Å². The Balaban J connectivity index is 4.28. The largest absolute Gasteiger partial charge is 0.500 e. The maximum atomic E-state index is 10.9. The third-order valence-electron chi connectivity index (χ3n) is 2.58. The summed E-state index contributed by atoms with van der Waals surface area (Å²) in [4.78, 5) is 10.9. The summed E-state index contributed by atoms with van der Waals surface area (Å²) in [5.74, 6) is 0.0525. The smallest absolute Gasteiger partial charge is 0.388 e. The normalized spacial score (nSPS) is 12.6. The van der Waals surface area contributed by atoms with E-state index < -0.39 is 8.80 Å². The van der Waals surface area contributed by atoms with Crippen LogP contribution in [0, 0.1) is 0 Å². The van der Waals surface area contributed by atoms with E-state index in [2.05, 4.69) is 5.32 Å². The molecule has 0 saturated carbocycles. The Morgan fingerprint density at radius 1 is 1.05 bits per heavy atom. The van der Waals surface area contributed by atoms with Gasteiger partial charge in [0.15, 0.2) is 5.78 Å². The maximum absolute atomic E-state index is 10.9. The van der Waals surface area contributed by atoms with Crippen molar-refractivity contribution in [3.05, 3.63) is 11.8 Å². The molecule has 0 bridgehead atoms. The van der Waals surface area contributed by atoms with Crippen LogP contribution in [0.3, 0.4) is 0 Å². The summed E-state index contributed by atoms with van der Waals surface area (Å²) in [6, 6.07) is 0.781. The summed E-state index contributed by atoms with van der Waals surface area (Å²) in [6.07, 6.45) is 2.48. The van der Waals surface area contributed by atoms with Crippen molar-refractivity contribution >= 4 is 14.6 Å². The summed E-state index contributed by atoms with van der Waals surface area (Å²) < 4.78 is 17.3. The zero-order valence-electron chi connectivity index (χ0n) is 13.5. The predicted molar refractivity (Wildman–Crippen MR) is 82.5 cm³/mol. The van der Waals surface area contributed by atoms with Crippen molar-refractivity contribution in [3.8, 4) is 0 Å². The van der Waals surface area contributed by atoms with Gasteiger partial charge in [-0.1, -0.05) is 0 Å². The Hall–Kier alpha value is -0.693. The topological polar surface area (TPSA) is 56.8 Å². The fourth-order valence-electron chi connectivity index (χ4n) is 1.95. The first kappa shape index (κ1) is 19.3.